The number of nitrogens with zero attached hydrogens (tertiary/aromatic N) is 4. The van der Waals surface area contributed by atoms with Crippen molar-refractivity contribution in [1.82, 2.24) is 19.9 Å². The monoisotopic (exact) mass is 331 g/mol. The number of rotatable bonds is 8. The minimum absolute atomic E-state index is 0.378. The lowest BCUT2D eigenvalue weighted by Gasteiger charge is -2.13. The largest absolute Gasteiger partial charge is 0.392 e. The number of anilines is 3. The Balaban J connectivity index is 2.49. The molecule has 2 aromatic rings. The van der Waals surface area contributed by atoms with E-state index < -0.39 is 6.10 Å². The third-order valence-electron chi connectivity index (χ3n) is 3.29. The van der Waals surface area contributed by atoms with Crippen LogP contribution in [-0.2, 0) is 6.42 Å². The molecule has 0 saturated heterocycles. The van der Waals surface area contributed by atoms with E-state index in [-0.39, 0.29) is 0 Å². The van der Waals surface area contributed by atoms with Crippen molar-refractivity contribution in [2.45, 2.75) is 33.3 Å². The van der Waals surface area contributed by atoms with Gasteiger partial charge in [-0.15, -0.1) is 0 Å². The van der Waals surface area contributed by atoms with Gasteiger partial charge in [0.2, 0.25) is 11.9 Å². The van der Waals surface area contributed by atoms with Gasteiger partial charge in [-0.05, 0) is 20.3 Å². The smallest absolute Gasteiger partial charge is 0.225 e. The van der Waals surface area contributed by atoms with Gasteiger partial charge < -0.3 is 21.1 Å². The van der Waals surface area contributed by atoms with Gasteiger partial charge in [-0.1, -0.05) is 19.1 Å². The van der Waals surface area contributed by atoms with Gasteiger partial charge >= 0.3 is 0 Å². The Morgan fingerprint density at radius 1 is 1.12 bits per heavy atom. The Labute approximate surface area is 141 Å². The fourth-order valence-electron chi connectivity index (χ4n) is 2.12. The highest BCUT2D eigenvalue weighted by atomic mass is 16.3. The van der Waals surface area contributed by atoms with Crippen LogP contribution in [0.25, 0.3) is 11.0 Å². The third-order valence-corrected chi connectivity index (χ3v) is 3.29. The summed E-state index contributed by atoms with van der Waals surface area (Å²) in [5.74, 6) is 1.60. The number of aryl methyl sites for hydroxylation is 1. The molecule has 0 radical (unpaired) electrons. The number of nitrogens with one attached hydrogen (secondary N) is 3. The average molecular weight is 331 g/mol. The molecule has 0 saturated carbocycles. The molecule has 0 fully saturated rings. The second-order valence-electron chi connectivity index (χ2n) is 5.73. The molecule has 0 aliphatic carbocycles. The Hall–Kier alpha value is -2.48. The van der Waals surface area contributed by atoms with E-state index in [0.717, 1.165) is 11.3 Å². The van der Waals surface area contributed by atoms with Crippen LogP contribution in [0.2, 0.25) is 0 Å². The topological polar surface area (TPSA) is 108 Å². The van der Waals surface area contributed by atoms with E-state index in [1.807, 2.05) is 13.8 Å². The first-order chi connectivity index (χ1) is 11.4. The molecular weight excluding hydrogens is 306 g/mol. The summed E-state index contributed by atoms with van der Waals surface area (Å²) in [5, 5.41) is 18.7. The maximum absolute atomic E-state index is 9.42. The average Bonchev–Trinajstić information content (AvgIpc) is 2.56. The number of fused-ring (bicyclic) bond motifs is 1. The van der Waals surface area contributed by atoms with Gasteiger partial charge in [0.25, 0.3) is 0 Å². The number of aromatic nitrogens is 4. The number of aliphatic hydroxyl groups excluding tert-OH is 1. The summed E-state index contributed by atoms with van der Waals surface area (Å²) in [7, 11) is 1.79. The first-order valence-electron chi connectivity index (χ1n) is 8.01. The highest BCUT2D eigenvalue weighted by Gasteiger charge is 2.14. The summed E-state index contributed by atoms with van der Waals surface area (Å²) in [4.78, 5) is 18.0. The van der Waals surface area contributed by atoms with Crippen molar-refractivity contribution in [3.63, 3.8) is 0 Å². The summed E-state index contributed by atoms with van der Waals surface area (Å²) in [6.45, 7) is 10.5. The maximum Gasteiger partial charge on any atom is 0.225 e. The van der Waals surface area contributed by atoms with Crippen LogP contribution in [0.15, 0.2) is 12.2 Å². The molecule has 0 aromatic carbocycles. The second kappa shape index (κ2) is 7.87. The van der Waals surface area contributed by atoms with Crippen molar-refractivity contribution in [2.75, 3.05) is 36.1 Å². The van der Waals surface area contributed by atoms with Crippen LogP contribution < -0.4 is 16.0 Å². The molecule has 1 atom stereocenters. The standard InChI is InChI=1S/C16H25N7O/c1-6-11-12-13(22-15(20-11)19-8-10(4)24)14(17-5)23-16(21-12)18-7-9(2)3/h10,24H,2,6-8H2,1,3-5H3,(H,19,20,22)(H2,17,18,21,23)/t10-/m0/s1. The van der Waals surface area contributed by atoms with Crippen molar-refractivity contribution in [2.24, 2.45) is 0 Å². The van der Waals surface area contributed by atoms with Crippen LogP contribution in [-0.4, -0.2) is 51.3 Å². The molecule has 0 unspecified atom stereocenters. The van der Waals surface area contributed by atoms with E-state index >= 15 is 0 Å². The predicted octanol–water partition coefficient (Wildman–Crippen LogP) is 1.80. The van der Waals surface area contributed by atoms with Gasteiger partial charge in [0, 0.05) is 20.1 Å². The van der Waals surface area contributed by atoms with Gasteiger partial charge in [0.1, 0.15) is 11.0 Å². The van der Waals surface area contributed by atoms with E-state index in [0.29, 0.717) is 48.3 Å². The lowest BCUT2D eigenvalue weighted by atomic mass is 10.2. The van der Waals surface area contributed by atoms with Crippen molar-refractivity contribution in [1.29, 1.82) is 0 Å². The highest BCUT2D eigenvalue weighted by Crippen LogP contribution is 2.24. The van der Waals surface area contributed by atoms with Crippen molar-refractivity contribution < 1.29 is 5.11 Å². The SMILES string of the molecule is C=C(C)CNc1nc(NC)c2nc(NC[C@H](C)O)nc(CC)c2n1. The van der Waals surface area contributed by atoms with E-state index in [2.05, 4.69) is 42.5 Å². The molecule has 0 aliphatic rings. The fourth-order valence-corrected chi connectivity index (χ4v) is 2.12. The lowest BCUT2D eigenvalue weighted by Crippen LogP contribution is -2.18. The fraction of sp³-hybridized carbons (Fsp3) is 0.500. The van der Waals surface area contributed by atoms with Crippen LogP contribution in [0.5, 0.6) is 0 Å². The molecule has 2 heterocycles. The molecular formula is C16H25N7O. The normalized spacial score (nSPS) is 12.0. The molecule has 24 heavy (non-hydrogen) atoms. The molecule has 0 bridgehead atoms. The minimum atomic E-state index is -0.483. The Morgan fingerprint density at radius 3 is 2.38 bits per heavy atom. The molecule has 0 amide bonds. The zero-order chi connectivity index (χ0) is 17.7. The zero-order valence-electron chi connectivity index (χ0n) is 14.6. The lowest BCUT2D eigenvalue weighted by molar-refractivity contribution is 0.208. The van der Waals surface area contributed by atoms with Gasteiger partial charge in [-0.2, -0.15) is 4.98 Å². The van der Waals surface area contributed by atoms with Gasteiger partial charge in [0.15, 0.2) is 5.82 Å². The summed E-state index contributed by atoms with van der Waals surface area (Å²) in [6.07, 6.45) is 0.228. The first kappa shape index (κ1) is 17.9. The number of aliphatic hydroxyl groups is 1. The Kier molecular flexibility index (Phi) is 5.86. The van der Waals surface area contributed by atoms with Crippen LogP contribution in [0.4, 0.5) is 17.7 Å². The Bertz CT molecular complexity index is 730. The molecule has 8 heteroatoms. The van der Waals surface area contributed by atoms with E-state index in [4.69, 9.17) is 0 Å². The molecule has 2 aromatic heterocycles. The first-order valence-corrected chi connectivity index (χ1v) is 8.01. The van der Waals surface area contributed by atoms with Gasteiger partial charge in [-0.25, -0.2) is 15.0 Å². The predicted molar refractivity (Wildman–Crippen MR) is 97.5 cm³/mol. The Morgan fingerprint density at radius 2 is 1.79 bits per heavy atom. The number of hydrogen-bond donors (Lipinski definition) is 4. The van der Waals surface area contributed by atoms with Gasteiger partial charge in [-0.3, -0.25) is 0 Å². The number of hydrogen-bond acceptors (Lipinski definition) is 8. The van der Waals surface area contributed by atoms with E-state index in [9.17, 15) is 5.11 Å². The molecule has 4 N–H and O–H groups in total. The summed E-state index contributed by atoms with van der Waals surface area (Å²) >= 11 is 0. The van der Waals surface area contributed by atoms with Crippen molar-refractivity contribution in [3.05, 3.63) is 17.8 Å². The quantitative estimate of drug-likeness (QED) is 0.542. The molecule has 2 rings (SSSR count). The van der Waals surface area contributed by atoms with Crippen LogP contribution in [0.1, 0.15) is 26.5 Å². The second-order valence-corrected chi connectivity index (χ2v) is 5.73. The van der Waals surface area contributed by atoms with Gasteiger partial charge in [0.05, 0.1) is 11.8 Å². The molecule has 130 valence electrons. The molecule has 0 aliphatic heterocycles. The van der Waals surface area contributed by atoms with Crippen molar-refractivity contribution >= 4 is 28.7 Å². The van der Waals surface area contributed by atoms with Crippen LogP contribution >= 0.6 is 0 Å². The zero-order valence-corrected chi connectivity index (χ0v) is 14.6. The molecule has 0 spiro atoms. The van der Waals surface area contributed by atoms with Crippen molar-refractivity contribution in [3.8, 4) is 0 Å². The van der Waals surface area contributed by atoms with Crippen LogP contribution in [0.3, 0.4) is 0 Å². The van der Waals surface area contributed by atoms with E-state index in [1.165, 1.54) is 0 Å². The summed E-state index contributed by atoms with van der Waals surface area (Å²) in [6, 6.07) is 0. The maximum atomic E-state index is 9.42. The minimum Gasteiger partial charge on any atom is -0.392 e. The van der Waals surface area contributed by atoms with Crippen LogP contribution in [0, 0.1) is 0 Å². The summed E-state index contributed by atoms with van der Waals surface area (Å²) < 4.78 is 0. The highest BCUT2D eigenvalue weighted by molar-refractivity contribution is 5.88. The molecule has 8 nitrogen and oxygen atoms in total. The third kappa shape index (κ3) is 4.29. The summed E-state index contributed by atoms with van der Waals surface area (Å²) in [5.41, 5.74) is 3.18. The van der Waals surface area contributed by atoms with E-state index in [1.54, 1.807) is 14.0 Å².